The molecule has 0 fully saturated rings. The first-order valence-electron chi connectivity index (χ1n) is 6.98. The Morgan fingerprint density at radius 1 is 1.10 bits per heavy atom. The largest absolute Gasteiger partial charge is 0.399 e. The standard InChI is InChI=1S/C17H20ClFN2/c1-12(2)21(10-13-3-6-16(20)7-4-13)11-14-9-15(18)5-8-17(14)19/h3-9,12H,10-11,20H2,1-2H3. The fourth-order valence-electron chi connectivity index (χ4n) is 2.16. The summed E-state index contributed by atoms with van der Waals surface area (Å²) in [7, 11) is 0. The molecule has 0 atom stereocenters. The van der Waals surface area contributed by atoms with E-state index >= 15 is 0 Å². The lowest BCUT2D eigenvalue weighted by atomic mass is 10.1. The quantitative estimate of drug-likeness (QED) is 0.826. The van der Waals surface area contributed by atoms with E-state index in [2.05, 4.69) is 18.7 Å². The fraction of sp³-hybridized carbons (Fsp3) is 0.294. The fourth-order valence-corrected chi connectivity index (χ4v) is 2.36. The van der Waals surface area contributed by atoms with Crippen molar-refractivity contribution in [2.75, 3.05) is 5.73 Å². The number of nitrogens with two attached hydrogens (primary N) is 1. The third-order valence-electron chi connectivity index (χ3n) is 3.48. The van der Waals surface area contributed by atoms with Crippen molar-refractivity contribution in [3.63, 3.8) is 0 Å². The van der Waals surface area contributed by atoms with Gasteiger partial charge in [0, 0.05) is 35.4 Å². The van der Waals surface area contributed by atoms with Crippen molar-refractivity contribution in [2.24, 2.45) is 0 Å². The highest BCUT2D eigenvalue weighted by Crippen LogP contribution is 2.19. The second kappa shape index (κ2) is 6.92. The van der Waals surface area contributed by atoms with Crippen LogP contribution in [0.5, 0.6) is 0 Å². The Hall–Kier alpha value is -1.58. The lowest BCUT2D eigenvalue weighted by Crippen LogP contribution is -2.30. The SMILES string of the molecule is CC(C)N(Cc1ccc(N)cc1)Cc1cc(Cl)ccc1F. The van der Waals surface area contributed by atoms with E-state index in [0.717, 1.165) is 17.8 Å². The highest BCUT2D eigenvalue weighted by Gasteiger charge is 2.13. The van der Waals surface area contributed by atoms with Gasteiger partial charge < -0.3 is 5.73 Å². The predicted octanol–water partition coefficient (Wildman–Crippen LogP) is 4.47. The van der Waals surface area contributed by atoms with Crippen molar-refractivity contribution in [1.82, 2.24) is 4.90 Å². The molecule has 2 N–H and O–H groups in total. The number of nitrogen functional groups attached to an aromatic ring is 1. The van der Waals surface area contributed by atoms with E-state index in [9.17, 15) is 4.39 Å². The monoisotopic (exact) mass is 306 g/mol. The summed E-state index contributed by atoms with van der Waals surface area (Å²) in [6, 6.07) is 12.7. The summed E-state index contributed by atoms with van der Waals surface area (Å²) in [6.45, 7) is 5.46. The number of anilines is 1. The number of benzene rings is 2. The summed E-state index contributed by atoms with van der Waals surface area (Å²) in [5.41, 5.74) is 8.22. The summed E-state index contributed by atoms with van der Waals surface area (Å²) in [6.07, 6.45) is 0. The van der Waals surface area contributed by atoms with E-state index in [1.54, 1.807) is 12.1 Å². The zero-order chi connectivity index (χ0) is 15.4. The molecule has 0 saturated heterocycles. The van der Waals surface area contributed by atoms with Crippen molar-refractivity contribution in [1.29, 1.82) is 0 Å². The van der Waals surface area contributed by atoms with Crippen molar-refractivity contribution in [3.05, 3.63) is 64.4 Å². The molecule has 2 aromatic carbocycles. The molecule has 4 heteroatoms. The summed E-state index contributed by atoms with van der Waals surface area (Å²) in [5, 5.41) is 0.558. The van der Waals surface area contributed by atoms with Crippen LogP contribution in [0.2, 0.25) is 5.02 Å². The van der Waals surface area contributed by atoms with Gasteiger partial charge in [-0.15, -0.1) is 0 Å². The van der Waals surface area contributed by atoms with Gasteiger partial charge in [-0.25, -0.2) is 4.39 Å². The Balaban J connectivity index is 2.15. The Bertz CT molecular complexity index is 596. The Kier molecular flexibility index (Phi) is 5.21. The summed E-state index contributed by atoms with van der Waals surface area (Å²) < 4.78 is 13.9. The average molecular weight is 307 g/mol. The van der Waals surface area contributed by atoms with Crippen molar-refractivity contribution in [3.8, 4) is 0 Å². The molecular weight excluding hydrogens is 287 g/mol. The zero-order valence-corrected chi connectivity index (χ0v) is 13.1. The van der Waals surface area contributed by atoms with Gasteiger partial charge in [-0.05, 0) is 49.7 Å². The van der Waals surface area contributed by atoms with E-state index in [-0.39, 0.29) is 5.82 Å². The van der Waals surface area contributed by atoms with Crippen molar-refractivity contribution >= 4 is 17.3 Å². The zero-order valence-electron chi connectivity index (χ0n) is 12.3. The molecule has 2 nitrogen and oxygen atoms in total. The number of halogens is 2. The van der Waals surface area contributed by atoms with Gasteiger partial charge in [0.25, 0.3) is 0 Å². The molecule has 0 heterocycles. The minimum atomic E-state index is -0.220. The highest BCUT2D eigenvalue weighted by molar-refractivity contribution is 6.30. The molecule has 0 amide bonds. The van der Waals surface area contributed by atoms with Crippen LogP contribution >= 0.6 is 11.6 Å². The Labute approximate surface area is 130 Å². The third-order valence-corrected chi connectivity index (χ3v) is 3.71. The minimum absolute atomic E-state index is 0.220. The van der Waals surface area contributed by atoms with Gasteiger partial charge in [0.05, 0.1) is 0 Å². The van der Waals surface area contributed by atoms with E-state index in [1.807, 2.05) is 24.3 Å². The number of hydrogen-bond acceptors (Lipinski definition) is 2. The van der Waals surface area contributed by atoms with Crippen LogP contribution in [0.3, 0.4) is 0 Å². The Morgan fingerprint density at radius 2 is 1.76 bits per heavy atom. The van der Waals surface area contributed by atoms with Gasteiger partial charge in [0.15, 0.2) is 0 Å². The van der Waals surface area contributed by atoms with E-state index in [4.69, 9.17) is 17.3 Å². The molecule has 0 aliphatic carbocycles. The first-order chi connectivity index (χ1) is 9.95. The van der Waals surface area contributed by atoms with Gasteiger partial charge in [0.2, 0.25) is 0 Å². The third kappa shape index (κ3) is 4.45. The molecule has 2 aromatic rings. The van der Waals surface area contributed by atoms with Crippen LogP contribution in [0.4, 0.5) is 10.1 Å². The molecule has 112 valence electrons. The van der Waals surface area contributed by atoms with Crippen LogP contribution in [0, 0.1) is 5.82 Å². The molecule has 0 aliphatic rings. The molecule has 0 saturated carbocycles. The lowest BCUT2D eigenvalue weighted by molar-refractivity contribution is 0.201. The van der Waals surface area contributed by atoms with Crippen molar-refractivity contribution in [2.45, 2.75) is 33.0 Å². The minimum Gasteiger partial charge on any atom is -0.399 e. The van der Waals surface area contributed by atoms with Gasteiger partial charge in [-0.1, -0.05) is 23.7 Å². The van der Waals surface area contributed by atoms with Crippen LogP contribution in [0.15, 0.2) is 42.5 Å². The molecular formula is C17H20ClFN2. The maximum absolute atomic E-state index is 13.9. The number of nitrogens with zero attached hydrogens (tertiary/aromatic N) is 1. The van der Waals surface area contributed by atoms with E-state index < -0.39 is 0 Å². The van der Waals surface area contributed by atoms with Gasteiger partial charge in [-0.2, -0.15) is 0 Å². The predicted molar refractivity (Wildman–Crippen MR) is 86.6 cm³/mol. The molecule has 0 radical (unpaired) electrons. The molecule has 0 aliphatic heterocycles. The van der Waals surface area contributed by atoms with Crippen LogP contribution < -0.4 is 5.73 Å². The number of rotatable bonds is 5. The highest BCUT2D eigenvalue weighted by atomic mass is 35.5. The molecule has 2 rings (SSSR count). The molecule has 0 bridgehead atoms. The van der Waals surface area contributed by atoms with Gasteiger partial charge >= 0.3 is 0 Å². The topological polar surface area (TPSA) is 29.3 Å². The summed E-state index contributed by atoms with van der Waals surface area (Å²) in [4.78, 5) is 2.19. The average Bonchev–Trinajstić information content (AvgIpc) is 2.44. The van der Waals surface area contributed by atoms with Crippen LogP contribution in [0.1, 0.15) is 25.0 Å². The van der Waals surface area contributed by atoms with Crippen LogP contribution in [-0.2, 0) is 13.1 Å². The summed E-state index contributed by atoms with van der Waals surface area (Å²) >= 11 is 5.96. The van der Waals surface area contributed by atoms with E-state index in [0.29, 0.717) is 23.2 Å². The molecule has 0 unspecified atom stereocenters. The second-order valence-corrected chi connectivity index (χ2v) is 5.91. The lowest BCUT2D eigenvalue weighted by Gasteiger charge is -2.27. The molecule has 0 aromatic heterocycles. The molecule has 21 heavy (non-hydrogen) atoms. The maximum atomic E-state index is 13.9. The second-order valence-electron chi connectivity index (χ2n) is 5.48. The number of hydrogen-bond donors (Lipinski definition) is 1. The van der Waals surface area contributed by atoms with E-state index in [1.165, 1.54) is 6.07 Å². The Morgan fingerprint density at radius 3 is 2.38 bits per heavy atom. The summed E-state index contributed by atoms with van der Waals surface area (Å²) in [5.74, 6) is -0.220. The van der Waals surface area contributed by atoms with Crippen molar-refractivity contribution < 1.29 is 4.39 Å². The van der Waals surface area contributed by atoms with Gasteiger partial charge in [-0.3, -0.25) is 4.90 Å². The van der Waals surface area contributed by atoms with Crippen LogP contribution in [-0.4, -0.2) is 10.9 Å². The first kappa shape index (κ1) is 15.8. The normalized spacial score (nSPS) is 11.3. The molecule has 0 spiro atoms. The van der Waals surface area contributed by atoms with Gasteiger partial charge in [0.1, 0.15) is 5.82 Å². The smallest absolute Gasteiger partial charge is 0.127 e. The first-order valence-corrected chi connectivity index (χ1v) is 7.36. The van der Waals surface area contributed by atoms with Crippen LogP contribution in [0.25, 0.3) is 0 Å². The maximum Gasteiger partial charge on any atom is 0.127 e.